The van der Waals surface area contributed by atoms with Crippen molar-refractivity contribution in [3.8, 4) is 0 Å². The number of carbonyl (C=O) groups excluding carboxylic acids is 4. The second kappa shape index (κ2) is 8.75. The first-order valence-corrected chi connectivity index (χ1v) is 8.27. The first-order chi connectivity index (χ1) is 12.8. The molecular formula is C20H20N2O5. The number of anilines is 2. The van der Waals surface area contributed by atoms with Gasteiger partial charge in [0.1, 0.15) is 0 Å². The van der Waals surface area contributed by atoms with Crippen molar-refractivity contribution in [3.05, 3.63) is 59.7 Å². The zero-order chi connectivity index (χ0) is 20.0. The van der Waals surface area contributed by atoms with Gasteiger partial charge < -0.3 is 15.4 Å². The predicted molar refractivity (Wildman–Crippen MR) is 101 cm³/mol. The molecule has 0 spiro atoms. The van der Waals surface area contributed by atoms with Crippen molar-refractivity contribution in [2.45, 2.75) is 26.9 Å². The number of benzene rings is 2. The van der Waals surface area contributed by atoms with E-state index in [-0.39, 0.29) is 17.3 Å². The van der Waals surface area contributed by atoms with Crippen molar-refractivity contribution in [3.63, 3.8) is 0 Å². The van der Waals surface area contributed by atoms with E-state index >= 15 is 0 Å². The van der Waals surface area contributed by atoms with Gasteiger partial charge in [0, 0.05) is 23.9 Å². The average Bonchev–Trinajstić information content (AvgIpc) is 2.62. The highest BCUT2D eigenvalue weighted by atomic mass is 16.5. The summed E-state index contributed by atoms with van der Waals surface area (Å²) in [5, 5.41) is 5.21. The van der Waals surface area contributed by atoms with E-state index in [2.05, 4.69) is 10.6 Å². The van der Waals surface area contributed by atoms with Crippen molar-refractivity contribution in [1.82, 2.24) is 0 Å². The van der Waals surface area contributed by atoms with Gasteiger partial charge in [0.25, 0.3) is 5.91 Å². The van der Waals surface area contributed by atoms with Gasteiger partial charge in [-0.3, -0.25) is 14.4 Å². The lowest BCUT2D eigenvalue weighted by atomic mass is 10.1. The summed E-state index contributed by atoms with van der Waals surface area (Å²) in [6, 6.07) is 12.5. The highest BCUT2D eigenvalue weighted by Crippen LogP contribution is 2.13. The predicted octanol–water partition coefficient (Wildman–Crippen LogP) is 3.03. The number of rotatable bonds is 6. The van der Waals surface area contributed by atoms with Gasteiger partial charge in [-0.2, -0.15) is 0 Å². The van der Waals surface area contributed by atoms with Crippen LogP contribution in [0.3, 0.4) is 0 Å². The van der Waals surface area contributed by atoms with Crippen LogP contribution in [0.25, 0.3) is 0 Å². The minimum atomic E-state index is -1.01. The molecule has 0 aliphatic rings. The maximum Gasteiger partial charge on any atom is 0.338 e. The van der Waals surface area contributed by atoms with Gasteiger partial charge >= 0.3 is 5.97 Å². The quantitative estimate of drug-likeness (QED) is 0.603. The monoisotopic (exact) mass is 368 g/mol. The molecule has 0 saturated heterocycles. The zero-order valence-electron chi connectivity index (χ0n) is 15.2. The van der Waals surface area contributed by atoms with E-state index < -0.39 is 18.0 Å². The summed E-state index contributed by atoms with van der Waals surface area (Å²) in [5.41, 5.74) is 1.84. The third-order valence-corrected chi connectivity index (χ3v) is 3.65. The molecular weight excluding hydrogens is 348 g/mol. The van der Waals surface area contributed by atoms with Gasteiger partial charge in [0.2, 0.25) is 5.91 Å². The van der Waals surface area contributed by atoms with Crippen LogP contribution >= 0.6 is 0 Å². The molecule has 1 atom stereocenters. The molecule has 7 heteroatoms. The molecule has 0 fully saturated rings. The summed E-state index contributed by atoms with van der Waals surface area (Å²) in [4.78, 5) is 46.6. The van der Waals surface area contributed by atoms with Crippen molar-refractivity contribution < 1.29 is 23.9 Å². The van der Waals surface area contributed by atoms with Crippen molar-refractivity contribution >= 4 is 34.9 Å². The number of amides is 2. The molecule has 0 unspecified atom stereocenters. The number of Topliss-reactive ketones (excluding diaryl/α,β-unsaturated/α-hetero) is 1. The number of carbonyl (C=O) groups is 4. The Morgan fingerprint density at radius 3 is 1.74 bits per heavy atom. The van der Waals surface area contributed by atoms with Gasteiger partial charge in [-0.1, -0.05) is 0 Å². The standard InChI is InChI=1S/C20H20N2O5/c1-12(23)15-4-8-18(9-5-15)22-19(25)13(2)27-20(26)16-6-10-17(11-7-16)21-14(3)24/h4-11,13H,1-3H3,(H,21,24)(H,22,25)/t13-/m0/s1. The van der Waals surface area contributed by atoms with Gasteiger partial charge in [-0.15, -0.1) is 0 Å². The molecule has 0 saturated carbocycles. The number of esters is 1. The Kier molecular flexibility index (Phi) is 6.43. The maximum atomic E-state index is 12.2. The largest absolute Gasteiger partial charge is 0.449 e. The zero-order valence-corrected chi connectivity index (χ0v) is 15.2. The number of ketones is 1. The number of hydrogen-bond donors (Lipinski definition) is 2. The van der Waals surface area contributed by atoms with Crippen LogP contribution in [0.1, 0.15) is 41.5 Å². The van der Waals surface area contributed by atoms with Gasteiger partial charge in [0.05, 0.1) is 5.56 Å². The highest BCUT2D eigenvalue weighted by molar-refractivity contribution is 5.98. The topological polar surface area (TPSA) is 102 Å². The average molecular weight is 368 g/mol. The molecule has 0 heterocycles. The van der Waals surface area contributed by atoms with Crippen LogP contribution in [0.4, 0.5) is 11.4 Å². The van der Waals surface area contributed by atoms with Crippen molar-refractivity contribution in [1.29, 1.82) is 0 Å². The number of hydrogen-bond acceptors (Lipinski definition) is 5. The van der Waals surface area contributed by atoms with Crippen LogP contribution in [0.5, 0.6) is 0 Å². The molecule has 0 aliphatic carbocycles. The fourth-order valence-electron chi connectivity index (χ4n) is 2.21. The Balaban J connectivity index is 1.93. The normalized spacial score (nSPS) is 11.2. The molecule has 140 valence electrons. The van der Waals surface area contributed by atoms with E-state index in [1.165, 1.54) is 32.9 Å². The fraction of sp³-hybridized carbons (Fsp3) is 0.200. The highest BCUT2D eigenvalue weighted by Gasteiger charge is 2.19. The molecule has 0 radical (unpaired) electrons. The van der Waals surface area contributed by atoms with Crippen LogP contribution in [-0.2, 0) is 14.3 Å². The number of ether oxygens (including phenoxy) is 1. The summed E-state index contributed by atoms with van der Waals surface area (Å²) in [6.45, 7) is 4.30. The van der Waals surface area contributed by atoms with Gasteiger partial charge in [0.15, 0.2) is 11.9 Å². The van der Waals surface area contributed by atoms with Gasteiger partial charge in [-0.25, -0.2) is 4.79 Å². The van der Waals surface area contributed by atoms with Crippen LogP contribution in [0.2, 0.25) is 0 Å². The first kappa shape index (κ1) is 19.8. The molecule has 27 heavy (non-hydrogen) atoms. The molecule has 0 bridgehead atoms. The summed E-state index contributed by atoms with van der Waals surface area (Å²) in [5.74, 6) is -1.43. The third-order valence-electron chi connectivity index (χ3n) is 3.65. The Labute approximate surface area is 156 Å². The van der Waals surface area contributed by atoms with E-state index in [0.29, 0.717) is 16.9 Å². The second-order valence-electron chi connectivity index (χ2n) is 5.93. The lowest BCUT2D eigenvalue weighted by molar-refractivity contribution is -0.123. The molecule has 2 aromatic rings. The van der Waals surface area contributed by atoms with Crippen LogP contribution in [0, 0.1) is 0 Å². The smallest absolute Gasteiger partial charge is 0.338 e. The van der Waals surface area contributed by atoms with E-state index in [9.17, 15) is 19.2 Å². The summed E-state index contributed by atoms with van der Waals surface area (Å²) >= 11 is 0. The minimum Gasteiger partial charge on any atom is -0.449 e. The summed E-state index contributed by atoms with van der Waals surface area (Å²) in [7, 11) is 0. The lowest BCUT2D eigenvalue weighted by Gasteiger charge is -2.14. The van der Waals surface area contributed by atoms with Crippen LogP contribution in [-0.4, -0.2) is 29.7 Å². The Morgan fingerprint density at radius 1 is 0.778 bits per heavy atom. The van der Waals surface area contributed by atoms with Crippen molar-refractivity contribution in [2.24, 2.45) is 0 Å². The number of nitrogens with one attached hydrogen (secondary N) is 2. The summed E-state index contributed by atoms with van der Waals surface area (Å²) < 4.78 is 5.16. The van der Waals surface area contributed by atoms with E-state index in [0.717, 1.165) is 0 Å². The lowest BCUT2D eigenvalue weighted by Crippen LogP contribution is -2.30. The SMILES string of the molecule is CC(=O)Nc1ccc(C(=O)O[C@@H](C)C(=O)Nc2ccc(C(C)=O)cc2)cc1. The first-order valence-electron chi connectivity index (χ1n) is 8.27. The molecule has 2 rings (SSSR count). The van der Waals surface area contributed by atoms with Crippen LogP contribution < -0.4 is 10.6 Å². The van der Waals surface area contributed by atoms with E-state index in [1.54, 1.807) is 36.4 Å². The molecule has 0 aliphatic heterocycles. The molecule has 2 N–H and O–H groups in total. The summed E-state index contributed by atoms with van der Waals surface area (Å²) in [6.07, 6.45) is -1.01. The second-order valence-corrected chi connectivity index (χ2v) is 5.93. The van der Waals surface area contributed by atoms with E-state index in [1.807, 2.05) is 0 Å². The molecule has 7 nitrogen and oxygen atoms in total. The van der Waals surface area contributed by atoms with Gasteiger partial charge in [-0.05, 0) is 62.4 Å². The Bertz CT molecular complexity index is 857. The molecule has 2 aromatic carbocycles. The van der Waals surface area contributed by atoms with Crippen LogP contribution in [0.15, 0.2) is 48.5 Å². The third kappa shape index (κ3) is 5.78. The van der Waals surface area contributed by atoms with Crippen molar-refractivity contribution in [2.75, 3.05) is 10.6 Å². The maximum absolute atomic E-state index is 12.2. The van der Waals surface area contributed by atoms with E-state index in [4.69, 9.17) is 4.74 Å². The fourth-order valence-corrected chi connectivity index (χ4v) is 2.21. The Morgan fingerprint density at radius 2 is 1.26 bits per heavy atom. The molecule has 0 aromatic heterocycles. The Hall–Kier alpha value is -3.48. The molecule has 2 amide bonds. The minimum absolute atomic E-state index is 0.0697.